The number of hydrogen-bond donors (Lipinski definition) is 3. The molecule has 138 valence electrons. The molecular weight excluding hydrogens is 340 g/mol. The van der Waals surface area contributed by atoms with Gasteiger partial charge in [-0.25, -0.2) is 0 Å². The Balaban J connectivity index is 2.01. The van der Waals surface area contributed by atoms with Crippen LogP contribution in [0.3, 0.4) is 0 Å². The number of halogens is 1. The summed E-state index contributed by atoms with van der Waals surface area (Å²) >= 11 is 5.85. The molecule has 2 amide bonds. The maximum Gasteiger partial charge on any atom is 0.251 e. The van der Waals surface area contributed by atoms with E-state index in [4.69, 9.17) is 11.6 Å². The van der Waals surface area contributed by atoms with E-state index in [9.17, 15) is 14.7 Å². The highest BCUT2D eigenvalue weighted by Gasteiger charge is 2.29. The summed E-state index contributed by atoms with van der Waals surface area (Å²) in [7, 11) is 0. The fraction of sp³-hybridized carbons (Fsp3) is 0.579. The van der Waals surface area contributed by atoms with E-state index >= 15 is 0 Å². The van der Waals surface area contributed by atoms with Crippen molar-refractivity contribution in [2.45, 2.75) is 64.1 Å². The number of aliphatic hydroxyl groups is 1. The van der Waals surface area contributed by atoms with Crippen LogP contribution >= 0.6 is 11.6 Å². The van der Waals surface area contributed by atoms with Crippen molar-refractivity contribution in [1.29, 1.82) is 0 Å². The van der Waals surface area contributed by atoms with Crippen LogP contribution in [0.5, 0.6) is 0 Å². The molecule has 0 radical (unpaired) electrons. The SMILES string of the molecule is CCC(C)C(NC(=O)c1ccc(Cl)cc1)C(=O)NC1CCC(O)CC1. The number of carbonyl (C=O) groups is 2. The number of aliphatic hydroxyl groups excluding tert-OH is 1. The van der Waals surface area contributed by atoms with Gasteiger partial charge in [0, 0.05) is 16.6 Å². The minimum absolute atomic E-state index is 0.0189. The lowest BCUT2D eigenvalue weighted by Crippen LogP contribution is -2.53. The summed E-state index contributed by atoms with van der Waals surface area (Å²) in [5.74, 6) is -0.417. The van der Waals surface area contributed by atoms with Gasteiger partial charge in [-0.15, -0.1) is 0 Å². The molecule has 1 fully saturated rings. The normalized spacial score (nSPS) is 22.7. The van der Waals surface area contributed by atoms with Gasteiger partial charge in [0.05, 0.1) is 6.10 Å². The molecule has 0 saturated heterocycles. The molecule has 1 aliphatic carbocycles. The van der Waals surface area contributed by atoms with E-state index in [-0.39, 0.29) is 29.9 Å². The van der Waals surface area contributed by atoms with Crippen molar-refractivity contribution in [3.8, 4) is 0 Å². The van der Waals surface area contributed by atoms with Crippen molar-refractivity contribution in [3.63, 3.8) is 0 Å². The van der Waals surface area contributed by atoms with Gasteiger partial charge in [0.2, 0.25) is 5.91 Å². The Morgan fingerprint density at radius 2 is 1.80 bits per heavy atom. The highest BCUT2D eigenvalue weighted by Crippen LogP contribution is 2.19. The quantitative estimate of drug-likeness (QED) is 0.724. The second-order valence-electron chi connectivity index (χ2n) is 6.86. The summed E-state index contributed by atoms with van der Waals surface area (Å²) in [6.07, 6.45) is 3.47. The van der Waals surface area contributed by atoms with E-state index in [0.29, 0.717) is 23.4 Å². The Hall–Kier alpha value is -1.59. The molecule has 1 saturated carbocycles. The molecule has 2 atom stereocenters. The molecule has 0 bridgehead atoms. The van der Waals surface area contributed by atoms with Crippen LogP contribution in [0.25, 0.3) is 0 Å². The number of hydrogen-bond acceptors (Lipinski definition) is 3. The third kappa shape index (κ3) is 5.72. The van der Waals surface area contributed by atoms with Crippen LogP contribution in [0.15, 0.2) is 24.3 Å². The maximum atomic E-state index is 12.7. The molecule has 0 spiro atoms. The fourth-order valence-electron chi connectivity index (χ4n) is 3.04. The van der Waals surface area contributed by atoms with Crippen molar-refractivity contribution >= 4 is 23.4 Å². The third-order valence-electron chi connectivity index (χ3n) is 4.93. The van der Waals surface area contributed by atoms with Gasteiger partial charge < -0.3 is 15.7 Å². The first-order valence-electron chi connectivity index (χ1n) is 8.95. The van der Waals surface area contributed by atoms with E-state index in [1.165, 1.54) is 0 Å². The summed E-state index contributed by atoms with van der Waals surface area (Å²) in [6.45, 7) is 3.95. The lowest BCUT2D eigenvalue weighted by atomic mass is 9.92. The van der Waals surface area contributed by atoms with Crippen LogP contribution in [0.2, 0.25) is 5.02 Å². The molecule has 0 heterocycles. The smallest absolute Gasteiger partial charge is 0.251 e. The van der Waals surface area contributed by atoms with Gasteiger partial charge in [-0.1, -0.05) is 31.9 Å². The Bertz CT molecular complexity index is 583. The van der Waals surface area contributed by atoms with Crippen LogP contribution < -0.4 is 10.6 Å². The zero-order valence-corrected chi connectivity index (χ0v) is 15.6. The lowest BCUT2D eigenvalue weighted by molar-refractivity contribution is -0.125. The number of amides is 2. The minimum atomic E-state index is -0.583. The van der Waals surface area contributed by atoms with Crippen LogP contribution in [0, 0.1) is 5.92 Å². The molecule has 1 aliphatic rings. The molecule has 1 aromatic rings. The molecule has 2 rings (SSSR count). The van der Waals surface area contributed by atoms with Crippen molar-refractivity contribution in [2.24, 2.45) is 5.92 Å². The average Bonchev–Trinajstić information content (AvgIpc) is 2.61. The fourth-order valence-corrected chi connectivity index (χ4v) is 3.16. The number of nitrogens with one attached hydrogen (secondary N) is 2. The maximum absolute atomic E-state index is 12.7. The number of benzene rings is 1. The van der Waals surface area contributed by atoms with Gasteiger partial charge in [0.15, 0.2) is 0 Å². The Morgan fingerprint density at radius 1 is 1.20 bits per heavy atom. The monoisotopic (exact) mass is 366 g/mol. The largest absolute Gasteiger partial charge is 0.393 e. The van der Waals surface area contributed by atoms with E-state index in [1.54, 1.807) is 24.3 Å². The van der Waals surface area contributed by atoms with Crippen LogP contribution in [0.4, 0.5) is 0 Å². The van der Waals surface area contributed by atoms with E-state index < -0.39 is 6.04 Å². The average molecular weight is 367 g/mol. The Kier molecular flexibility index (Phi) is 7.26. The van der Waals surface area contributed by atoms with Gasteiger partial charge in [0.25, 0.3) is 5.91 Å². The van der Waals surface area contributed by atoms with Gasteiger partial charge >= 0.3 is 0 Å². The van der Waals surface area contributed by atoms with Crippen molar-refractivity contribution in [3.05, 3.63) is 34.9 Å². The second-order valence-corrected chi connectivity index (χ2v) is 7.29. The zero-order chi connectivity index (χ0) is 18.4. The van der Waals surface area contributed by atoms with E-state index in [1.807, 2.05) is 13.8 Å². The number of rotatable bonds is 6. The summed E-state index contributed by atoms with van der Waals surface area (Å²) < 4.78 is 0. The highest BCUT2D eigenvalue weighted by molar-refractivity contribution is 6.30. The summed E-state index contributed by atoms with van der Waals surface area (Å²) in [5.41, 5.74) is 0.478. The predicted octanol–water partition coefficient (Wildman–Crippen LogP) is 2.90. The minimum Gasteiger partial charge on any atom is -0.393 e. The first-order chi connectivity index (χ1) is 11.9. The zero-order valence-electron chi connectivity index (χ0n) is 14.8. The molecule has 1 aromatic carbocycles. The number of carbonyl (C=O) groups excluding carboxylic acids is 2. The van der Waals surface area contributed by atoms with E-state index in [0.717, 1.165) is 19.3 Å². The highest BCUT2D eigenvalue weighted by atomic mass is 35.5. The summed E-state index contributed by atoms with van der Waals surface area (Å²) in [4.78, 5) is 25.2. The molecular formula is C19H27ClN2O3. The Labute approximate surface area is 154 Å². The molecule has 0 aliphatic heterocycles. The molecule has 6 heteroatoms. The first kappa shape index (κ1) is 19.7. The van der Waals surface area contributed by atoms with Crippen molar-refractivity contribution in [2.75, 3.05) is 0 Å². The molecule has 3 N–H and O–H groups in total. The summed E-state index contributed by atoms with van der Waals surface area (Å²) in [5, 5.41) is 16.0. The first-order valence-corrected chi connectivity index (χ1v) is 9.33. The topological polar surface area (TPSA) is 78.4 Å². The standard InChI is InChI=1S/C19H27ClN2O3/c1-3-12(2)17(19(25)21-15-8-10-16(23)11-9-15)22-18(24)13-4-6-14(20)7-5-13/h4-7,12,15-17,23H,3,8-11H2,1-2H3,(H,21,25)(H,22,24). The summed E-state index contributed by atoms with van der Waals surface area (Å²) in [6, 6.07) is 6.08. The van der Waals surface area contributed by atoms with Gasteiger partial charge in [-0.3, -0.25) is 9.59 Å². The molecule has 2 unspecified atom stereocenters. The van der Waals surface area contributed by atoms with Crippen molar-refractivity contribution < 1.29 is 14.7 Å². The second kappa shape index (κ2) is 9.20. The lowest BCUT2D eigenvalue weighted by Gasteiger charge is -2.30. The molecule has 0 aromatic heterocycles. The Morgan fingerprint density at radius 3 is 2.36 bits per heavy atom. The third-order valence-corrected chi connectivity index (χ3v) is 5.18. The van der Waals surface area contributed by atoms with Crippen LogP contribution in [-0.4, -0.2) is 35.1 Å². The van der Waals surface area contributed by atoms with E-state index in [2.05, 4.69) is 10.6 Å². The molecule has 5 nitrogen and oxygen atoms in total. The van der Waals surface area contributed by atoms with Crippen molar-refractivity contribution in [1.82, 2.24) is 10.6 Å². The van der Waals surface area contributed by atoms with Gasteiger partial charge in [-0.05, 0) is 55.9 Å². The van der Waals surface area contributed by atoms with Gasteiger partial charge in [-0.2, -0.15) is 0 Å². The molecule has 25 heavy (non-hydrogen) atoms. The van der Waals surface area contributed by atoms with Crippen LogP contribution in [0.1, 0.15) is 56.3 Å². The van der Waals surface area contributed by atoms with Crippen LogP contribution in [-0.2, 0) is 4.79 Å². The predicted molar refractivity (Wildman–Crippen MR) is 98.6 cm³/mol. The van der Waals surface area contributed by atoms with Gasteiger partial charge in [0.1, 0.15) is 6.04 Å².